The van der Waals surface area contributed by atoms with Crippen molar-refractivity contribution in [2.24, 2.45) is 0 Å². The van der Waals surface area contributed by atoms with E-state index in [2.05, 4.69) is 17.1 Å². The van der Waals surface area contributed by atoms with Crippen molar-refractivity contribution in [2.75, 3.05) is 19.6 Å². The number of carbonyl (C=O) groups is 1. The van der Waals surface area contributed by atoms with Crippen LogP contribution in [0, 0.1) is 0 Å². The second kappa shape index (κ2) is 10.7. The number of hydrogen-bond acceptors (Lipinski definition) is 3. The Hall–Kier alpha value is -1.26. The first-order chi connectivity index (χ1) is 12.2. The van der Waals surface area contributed by atoms with Gasteiger partial charge in [0.15, 0.2) is 6.10 Å². The summed E-state index contributed by atoms with van der Waals surface area (Å²) in [6, 6.07) is 7.98. The summed E-state index contributed by atoms with van der Waals surface area (Å²) < 4.78 is 5.78. The van der Waals surface area contributed by atoms with E-state index < -0.39 is 6.10 Å². The third-order valence-electron chi connectivity index (χ3n) is 4.91. The molecule has 1 fully saturated rings. The van der Waals surface area contributed by atoms with E-state index in [1.807, 2.05) is 19.1 Å². The maximum absolute atomic E-state index is 12.4. The van der Waals surface area contributed by atoms with E-state index >= 15 is 0 Å². The molecule has 1 heterocycles. The lowest BCUT2D eigenvalue weighted by atomic mass is 10.00. The molecule has 0 aliphatic carbocycles. The Kier molecular flexibility index (Phi) is 8.56. The van der Waals surface area contributed by atoms with Gasteiger partial charge in [0, 0.05) is 19.1 Å². The minimum atomic E-state index is -0.502. The molecule has 0 aromatic heterocycles. The molecule has 25 heavy (non-hydrogen) atoms. The average Bonchev–Trinajstić information content (AvgIpc) is 2.64. The molecule has 1 amide bonds. The highest BCUT2D eigenvalue weighted by atomic mass is 35.5. The monoisotopic (exact) mass is 366 g/mol. The highest BCUT2D eigenvalue weighted by molar-refractivity contribution is 6.32. The summed E-state index contributed by atoms with van der Waals surface area (Å²) in [6.45, 7) is 7.15. The Morgan fingerprint density at radius 3 is 2.88 bits per heavy atom. The third kappa shape index (κ3) is 6.19. The normalized spacial score (nSPS) is 19.4. The van der Waals surface area contributed by atoms with E-state index in [0.29, 0.717) is 23.7 Å². The maximum atomic E-state index is 12.4. The van der Waals surface area contributed by atoms with Crippen LogP contribution in [-0.4, -0.2) is 42.6 Å². The Morgan fingerprint density at radius 1 is 1.36 bits per heavy atom. The Balaban J connectivity index is 1.73. The number of carbonyl (C=O) groups excluding carboxylic acids is 1. The molecule has 140 valence electrons. The van der Waals surface area contributed by atoms with Gasteiger partial charge < -0.3 is 15.0 Å². The minimum Gasteiger partial charge on any atom is -0.479 e. The highest BCUT2D eigenvalue weighted by Gasteiger charge is 2.21. The van der Waals surface area contributed by atoms with Gasteiger partial charge in [-0.05, 0) is 50.8 Å². The van der Waals surface area contributed by atoms with Gasteiger partial charge in [0.2, 0.25) is 0 Å². The number of amides is 1. The summed E-state index contributed by atoms with van der Waals surface area (Å²) in [6.07, 6.45) is 6.27. The topological polar surface area (TPSA) is 41.6 Å². The van der Waals surface area contributed by atoms with Crippen LogP contribution in [-0.2, 0) is 4.79 Å². The van der Waals surface area contributed by atoms with Crippen molar-refractivity contribution >= 4 is 17.5 Å². The molecule has 4 nitrogen and oxygen atoms in total. The number of nitrogens with zero attached hydrogens (tertiary/aromatic N) is 1. The fraction of sp³-hybridized carbons (Fsp3) is 0.650. The van der Waals surface area contributed by atoms with E-state index in [0.717, 1.165) is 19.0 Å². The Morgan fingerprint density at radius 2 is 2.16 bits per heavy atom. The summed E-state index contributed by atoms with van der Waals surface area (Å²) in [5.74, 6) is 0.498. The van der Waals surface area contributed by atoms with E-state index in [-0.39, 0.29) is 5.91 Å². The molecule has 1 N–H and O–H groups in total. The molecule has 1 aliphatic rings. The molecule has 0 unspecified atom stereocenters. The van der Waals surface area contributed by atoms with Crippen LogP contribution in [0.2, 0.25) is 5.02 Å². The van der Waals surface area contributed by atoms with Crippen molar-refractivity contribution in [3.63, 3.8) is 0 Å². The minimum absolute atomic E-state index is 0.0619. The highest BCUT2D eigenvalue weighted by Crippen LogP contribution is 2.25. The molecule has 0 saturated carbocycles. The molecule has 5 heteroatoms. The van der Waals surface area contributed by atoms with Crippen LogP contribution in [0.5, 0.6) is 5.75 Å². The van der Waals surface area contributed by atoms with Gasteiger partial charge in [0.05, 0.1) is 5.02 Å². The number of rotatable bonds is 9. The quantitative estimate of drug-likeness (QED) is 0.663. The molecule has 1 saturated heterocycles. The van der Waals surface area contributed by atoms with E-state index in [4.69, 9.17) is 16.3 Å². The maximum Gasteiger partial charge on any atom is 0.261 e. The van der Waals surface area contributed by atoms with Crippen LogP contribution in [0.25, 0.3) is 0 Å². The van der Waals surface area contributed by atoms with Crippen LogP contribution in [0.1, 0.15) is 52.4 Å². The molecule has 0 bridgehead atoms. The van der Waals surface area contributed by atoms with Crippen LogP contribution in [0.4, 0.5) is 0 Å². The molecule has 0 spiro atoms. The number of halogens is 1. The van der Waals surface area contributed by atoms with Gasteiger partial charge in [-0.15, -0.1) is 0 Å². The zero-order valence-corrected chi connectivity index (χ0v) is 16.2. The second-order valence-corrected chi connectivity index (χ2v) is 7.09. The summed E-state index contributed by atoms with van der Waals surface area (Å²) in [4.78, 5) is 14.9. The lowest BCUT2D eigenvalue weighted by Crippen LogP contribution is -2.42. The van der Waals surface area contributed by atoms with Crippen molar-refractivity contribution in [1.82, 2.24) is 10.2 Å². The smallest absolute Gasteiger partial charge is 0.261 e. The first-order valence-electron chi connectivity index (χ1n) is 9.58. The molecule has 1 aromatic carbocycles. The van der Waals surface area contributed by atoms with Gasteiger partial charge in [0.25, 0.3) is 5.91 Å². The van der Waals surface area contributed by atoms with Crippen molar-refractivity contribution in [3.8, 4) is 5.75 Å². The number of hydrogen-bond donors (Lipinski definition) is 1. The zero-order valence-electron chi connectivity index (χ0n) is 15.5. The molecule has 1 aromatic rings. The zero-order chi connectivity index (χ0) is 18.1. The van der Waals surface area contributed by atoms with Crippen molar-refractivity contribution in [1.29, 1.82) is 0 Å². The van der Waals surface area contributed by atoms with Gasteiger partial charge in [-0.25, -0.2) is 0 Å². The summed E-state index contributed by atoms with van der Waals surface area (Å²) >= 11 is 6.11. The molecule has 2 atom stereocenters. The second-order valence-electron chi connectivity index (χ2n) is 6.68. The van der Waals surface area contributed by atoms with Crippen molar-refractivity contribution in [2.45, 2.75) is 64.5 Å². The van der Waals surface area contributed by atoms with Crippen LogP contribution >= 0.6 is 11.6 Å². The molecule has 0 radical (unpaired) electrons. The number of ether oxygens (including phenoxy) is 1. The number of benzene rings is 1. The first kappa shape index (κ1) is 20.1. The molecule has 1 aliphatic heterocycles. The van der Waals surface area contributed by atoms with Gasteiger partial charge >= 0.3 is 0 Å². The van der Waals surface area contributed by atoms with Crippen molar-refractivity contribution in [3.05, 3.63) is 29.3 Å². The largest absolute Gasteiger partial charge is 0.479 e. The van der Waals surface area contributed by atoms with Crippen molar-refractivity contribution < 1.29 is 9.53 Å². The van der Waals surface area contributed by atoms with Gasteiger partial charge in [0.1, 0.15) is 5.75 Å². The SMILES string of the molecule is CC[C@@H]1CCCCN1CCCNC(=O)[C@H](CC)Oc1ccccc1Cl. The van der Waals surface area contributed by atoms with E-state index in [1.54, 1.807) is 12.1 Å². The van der Waals surface area contributed by atoms with Crippen LogP contribution < -0.4 is 10.1 Å². The Labute approximate surface area is 156 Å². The lowest BCUT2D eigenvalue weighted by molar-refractivity contribution is -0.128. The average molecular weight is 367 g/mol. The standard InChI is InChI=1S/C20H31ClN2O2/c1-3-16-10-7-8-14-23(16)15-9-13-22-20(24)18(4-2)25-19-12-6-5-11-17(19)21/h5-6,11-12,16,18H,3-4,7-10,13-15H2,1-2H3,(H,22,24)/t16-,18+/m1/s1. The number of nitrogens with one attached hydrogen (secondary N) is 1. The molecular weight excluding hydrogens is 336 g/mol. The van der Waals surface area contributed by atoms with Gasteiger partial charge in [-0.3, -0.25) is 4.79 Å². The van der Waals surface area contributed by atoms with Crippen LogP contribution in [0.3, 0.4) is 0 Å². The third-order valence-corrected chi connectivity index (χ3v) is 5.22. The van der Waals surface area contributed by atoms with Crippen LogP contribution in [0.15, 0.2) is 24.3 Å². The lowest BCUT2D eigenvalue weighted by Gasteiger charge is -2.35. The van der Waals surface area contributed by atoms with E-state index in [1.165, 1.54) is 32.2 Å². The van der Waals surface area contributed by atoms with Gasteiger partial charge in [-0.2, -0.15) is 0 Å². The predicted molar refractivity (Wildman–Crippen MR) is 103 cm³/mol. The summed E-state index contributed by atoms with van der Waals surface area (Å²) in [7, 11) is 0. The fourth-order valence-corrected chi connectivity index (χ4v) is 3.62. The predicted octanol–water partition coefficient (Wildman–Crippen LogP) is 4.27. The molecule has 2 rings (SSSR count). The van der Waals surface area contributed by atoms with Gasteiger partial charge in [-0.1, -0.05) is 44.0 Å². The number of piperidine rings is 1. The number of para-hydroxylation sites is 1. The molecular formula is C20H31ClN2O2. The first-order valence-corrected chi connectivity index (χ1v) is 9.96. The summed E-state index contributed by atoms with van der Waals surface area (Å²) in [5.41, 5.74) is 0. The number of likely N-dealkylation sites (tertiary alicyclic amines) is 1. The Bertz CT molecular complexity index is 538. The summed E-state index contributed by atoms with van der Waals surface area (Å²) in [5, 5.41) is 3.54. The van der Waals surface area contributed by atoms with E-state index in [9.17, 15) is 4.79 Å². The fourth-order valence-electron chi connectivity index (χ4n) is 3.44.